The van der Waals surface area contributed by atoms with Gasteiger partial charge >= 0.3 is 42.1 Å². The molecule has 61 heavy (non-hydrogen) atoms. The van der Waals surface area contributed by atoms with Crippen LogP contribution in [0, 0.1) is 24.3 Å². The van der Waals surface area contributed by atoms with Crippen molar-refractivity contribution in [2.45, 2.75) is 0 Å². The van der Waals surface area contributed by atoms with Crippen molar-refractivity contribution in [3.05, 3.63) is 189 Å². The van der Waals surface area contributed by atoms with Crippen molar-refractivity contribution in [3.63, 3.8) is 0 Å². The number of para-hydroxylation sites is 2. The predicted octanol–water partition coefficient (Wildman–Crippen LogP) is 11.3. The summed E-state index contributed by atoms with van der Waals surface area (Å²) in [6, 6.07) is 57.4. The summed E-state index contributed by atoms with van der Waals surface area (Å²) in [5.41, 5.74) is 4.87. The SMILES string of the molecule is [2H]c1cnc(-n2c3[c-]c(Oc4[c-]c5c(cc4)c4ccccc4n5-c4ccccn4)ccc3c3ccc(Oc4[c-]c5c(cc4)c4ccccc4n5-c4ccccn4)[c-]c32)nc1[2H].[Pt+2].[Pt+2]. The summed E-state index contributed by atoms with van der Waals surface area (Å²) in [6.07, 6.45) is 4.66. The second-order valence-corrected chi connectivity index (χ2v) is 13.9. The second-order valence-electron chi connectivity index (χ2n) is 13.9. The first kappa shape index (κ1) is 36.0. The molecule has 11 heteroatoms. The average Bonchev–Trinajstić information content (AvgIpc) is 3.92. The van der Waals surface area contributed by atoms with E-state index in [-0.39, 0.29) is 60.3 Å². The van der Waals surface area contributed by atoms with Gasteiger partial charge in [0.15, 0.2) is 0 Å². The van der Waals surface area contributed by atoms with E-state index in [4.69, 9.17) is 12.2 Å². The van der Waals surface area contributed by atoms with Crippen molar-refractivity contribution in [1.29, 1.82) is 0 Å². The van der Waals surface area contributed by atoms with Crippen LogP contribution in [-0.2, 0) is 42.1 Å². The van der Waals surface area contributed by atoms with E-state index >= 15 is 0 Å². The molecule has 0 saturated heterocycles. The minimum atomic E-state index is -0.211. The van der Waals surface area contributed by atoms with E-state index < -0.39 is 0 Å². The van der Waals surface area contributed by atoms with E-state index in [1.54, 1.807) is 17.0 Å². The van der Waals surface area contributed by atoms with E-state index in [1.807, 2.05) is 109 Å². The molecule has 9 nitrogen and oxygen atoms in total. The fourth-order valence-corrected chi connectivity index (χ4v) is 8.04. The number of hydrogen-bond acceptors (Lipinski definition) is 6. The van der Waals surface area contributed by atoms with Crippen molar-refractivity contribution in [1.82, 2.24) is 33.6 Å². The van der Waals surface area contributed by atoms with Gasteiger partial charge in [0.25, 0.3) is 0 Å². The van der Waals surface area contributed by atoms with Gasteiger partial charge in [-0.05, 0) is 53.2 Å². The summed E-state index contributed by atoms with van der Waals surface area (Å²) in [5, 5.41) is 5.88. The quantitative estimate of drug-likeness (QED) is 0.148. The van der Waals surface area contributed by atoms with Gasteiger partial charge in [0, 0.05) is 58.8 Å². The Morgan fingerprint density at radius 3 is 1.23 bits per heavy atom. The van der Waals surface area contributed by atoms with E-state index in [0.29, 0.717) is 34.0 Å². The minimum Gasteiger partial charge on any atom is -0.509 e. The van der Waals surface area contributed by atoms with Gasteiger partial charge < -0.3 is 23.2 Å². The fourth-order valence-electron chi connectivity index (χ4n) is 8.04. The standard InChI is InChI=1S/C50H27N7O2.2Pt/c1-3-12-42-36(10-1)38-20-16-32(28-44(38)55(42)48-14-5-7-24-51-48)58-34-18-22-40-41-23-19-35(31-47(41)57(46(40)30-34)50-53-26-9-27-54-50)59-33-17-21-39-37-11-2-4-13-43(37)56(45(39)29-33)49-15-6-8-25-52-49;;/h1-27H;;/q-4;2*+2/i9D,26D;;. The third kappa shape index (κ3) is 6.40. The average molecular weight is 1150 g/mol. The van der Waals surface area contributed by atoms with E-state index in [1.165, 1.54) is 6.20 Å². The van der Waals surface area contributed by atoms with Crippen molar-refractivity contribution < 1.29 is 54.3 Å². The van der Waals surface area contributed by atoms with E-state index in [0.717, 1.165) is 66.0 Å². The molecule has 6 heterocycles. The van der Waals surface area contributed by atoms with E-state index in [2.05, 4.69) is 77.6 Å². The molecule has 0 fully saturated rings. The van der Waals surface area contributed by atoms with Crippen LogP contribution in [0.2, 0.25) is 0 Å². The van der Waals surface area contributed by atoms with Crippen LogP contribution in [-0.4, -0.2) is 33.6 Å². The summed E-state index contributed by atoms with van der Waals surface area (Å²) in [6.45, 7) is 0. The molecular weight excluding hydrogens is 1120 g/mol. The van der Waals surface area contributed by atoms with Gasteiger partial charge in [-0.25, -0.2) is 19.9 Å². The number of hydrogen-bond donors (Lipinski definition) is 0. The Hall–Kier alpha value is -6.92. The second kappa shape index (κ2) is 15.6. The van der Waals surface area contributed by atoms with Crippen molar-refractivity contribution in [3.8, 4) is 40.6 Å². The number of ether oxygens (including phenoxy) is 2. The third-order valence-electron chi connectivity index (χ3n) is 10.5. The Balaban J connectivity index is 0.00000236. The minimum absolute atomic E-state index is 0. The molecule has 0 bridgehead atoms. The summed E-state index contributed by atoms with van der Waals surface area (Å²) >= 11 is 0. The topological polar surface area (TPSA) is 84.8 Å². The number of fused-ring (bicyclic) bond motifs is 9. The van der Waals surface area contributed by atoms with Gasteiger partial charge in [-0.3, -0.25) is 0 Å². The Morgan fingerprint density at radius 1 is 0.393 bits per heavy atom. The molecule has 0 atom stereocenters. The van der Waals surface area contributed by atoms with Gasteiger partial charge in [-0.1, -0.05) is 70.6 Å². The first-order valence-electron chi connectivity index (χ1n) is 19.9. The van der Waals surface area contributed by atoms with Gasteiger partial charge in [-0.2, -0.15) is 35.0 Å². The van der Waals surface area contributed by atoms with Gasteiger partial charge in [0.2, 0.25) is 5.95 Å². The third-order valence-corrected chi connectivity index (χ3v) is 10.5. The van der Waals surface area contributed by atoms with Crippen LogP contribution in [0.5, 0.6) is 23.0 Å². The van der Waals surface area contributed by atoms with Crippen LogP contribution in [0.25, 0.3) is 83.0 Å². The molecule has 0 spiro atoms. The summed E-state index contributed by atoms with van der Waals surface area (Å²) in [5.74, 6) is 3.58. The van der Waals surface area contributed by atoms with Crippen molar-refractivity contribution in [2.75, 3.05) is 0 Å². The molecule has 12 rings (SSSR count). The largest absolute Gasteiger partial charge is 2.00 e. The Labute approximate surface area is 380 Å². The first-order valence-corrected chi connectivity index (χ1v) is 18.9. The van der Waals surface area contributed by atoms with Crippen molar-refractivity contribution in [2.24, 2.45) is 0 Å². The maximum atomic E-state index is 8.39. The number of rotatable bonds is 7. The molecular formula is C50H27N7O2Pt2. The summed E-state index contributed by atoms with van der Waals surface area (Å²) < 4.78 is 35.4. The Morgan fingerprint density at radius 2 is 0.803 bits per heavy atom. The molecule has 0 saturated carbocycles. The van der Waals surface area contributed by atoms with Crippen LogP contribution in [0.3, 0.4) is 0 Å². The fraction of sp³-hybridized carbons (Fsp3) is 0. The maximum Gasteiger partial charge on any atom is 2.00 e. The Kier molecular flexibility index (Phi) is 9.20. The molecule has 0 amide bonds. The number of pyridine rings is 2. The predicted molar refractivity (Wildman–Crippen MR) is 229 cm³/mol. The Bertz CT molecular complexity index is 3490. The summed E-state index contributed by atoms with van der Waals surface area (Å²) in [7, 11) is 0. The smallest absolute Gasteiger partial charge is 0.509 e. The van der Waals surface area contributed by atoms with Crippen molar-refractivity contribution >= 4 is 65.4 Å². The number of benzene rings is 6. The molecule has 0 N–H and O–H groups in total. The van der Waals surface area contributed by atoms with E-state index in [9.17, 15) is 0 Å². The number of nitrogens with zero attached hydrogens (tertiary/aromatic N) is 7. The number of aromatic nitrogens is 7. The van der Waals surface area contributed by atoms with Crippen LogP contribution in [0.4, 0.5) is 0 Å². The van der Waals surface area contributed by atoms with Gasteiger partial charge in [0.1, 0.15) is 11.6 Å². The maximum absolute atomic E-state index is 8.39. The molecule has 294 valence electrons. The first-order chi connectivity index (χ1) is 30.1. The van der Waals surface area contributed by atoms with Crippen LogP contribution in [0.15, 0.2) is 164 Å². The molecule has 0 unspecified atom stereocenters. The summed E-state index contributed by atoms with van der Waals surface area (Å²) in [4.78, 5) is 18.2. The zero-order valence-corrected chi connectivity index (χ0v) is 36.1. The van der Waals surface area contributed by atoms with Gasteiger partial charge in [-0.15, -0.1) is 59.3 Å². The normalized spacial score (nSPS) is 11.8. The zero-order chi connectivity index (χ0) is 40.6. The molecule has 12 aromatic rings. The van der Waals surface area contributed by atoms with Crippen LogP contribution >= 0.6 is 0 Å². The van der Waals surface area contributed by atoms with Crippen LogP contribution in [0.1, 0.15) is 2.74 Å². The molecule has 0 radical (unpaired) electrons. The van der Waals surface area contributed by atoms with Crippen LogP contribution < -0.4 is 9.47 Å². The zero-order valence-electron chi connectivity index (χ0n) is 33.5. The molecule has 6 aromatic heterocycles. The molecule has 0 aliphatic carbocycles. The molecule has 0 aliphatic rings. The molecule has 6 aromatic carbocycles. The van der Waals surface area contributed by atoms with Gasteiger partial charge in [0.05, 0.1) is 2.74 Å². The molecule has 0 aliphatic heterocycles. The monoisotopic (exact) mass is 1150 g/mol.